The van der Waals surface area contributed by atoms with Crippen molar-refractivity contribution in [2.75, 3.05) is 20.8 Å². The van der Waals surface area contributed by atoms with E-state index < -0.39 is 0 Å². The lowest BCUT2D eigenvalue weighted by Crippen LogP contribution is -2.28. The molecular weight excluding hydrogens is 356 g/mol. The van der Waals surface area contributed by atoms with Gasteiger partial charge in [0.2, 0.25) is 0 Å². The largest absolute Gasteiger partial charge is 0.497 e. The minimum Gasteiger partial charge on any atom is -0.497 e. The van der Waals surface area contributed by atoms with Gasteiger partial charge in [0.05, 0.1) is 26.4 Å². The fourth-order valence-corrected chi connectivity index (χ4v) is 2.90. The Hall–Kier alpha value is -2.21. The summed E-state index contributed by atoms with van der Waals surface area (Å²) in [5.41, 5.74) is 2.36. The van der Waals surface area contributed by atoms with Crippen molar-refractivity contribution in [3.8, 4) is 5.75 Å². The Morgan fingerprint density at radius 1 is 1.18 bits per heavy atom. The number of carbonyl (C=O) groups excluding carboxylic acids is 1. The van der Waals surface area contributed by atoms with Gasteiger partial charge in [0.15, 0.2) is 0 Å². The summed E-state index contributed by atoms with van der Waals surface area (Å²) in [4.78, 5) is 10.7. The third kappa shape index (κ3) is 7.43. The first-order chi connectivity index (χ1) is 13.7. The molecule has 3 atom stereocenters. The molecule has 1 aliphatic rings. The monoisotopic (exact) mass is 386 g/mol. The SMILES string of the molecule is COc1ccc(CO[C@@H](C=CCC=O)[C@H](C=C[C@@H]2CC(C)=CCO2)OC)cc1. The van der Waals surface area contributed by atoms with Gasteiger partial charge >= 0.3 is 0 Å². The van der Waals surface area contributed by atoms with Gasteiger partial charge in [-0.3, -0.25) is 0 Å². The lowest BCUT2D eigenvalue weighted by Gasteiger charge is -2.23. The fraction of sp³-hybridized carbons (Fsp3) is 0.435. The van der Waals surface area contributed by atoms with Crippen LogP contribution >= 0.6 is 0 Å². The molecule has 0 amide bonds. The van der Waals surface area contributed by atoms with Crippen molar-refractivity contribution in [3.05, 3.63) is 65.8 Å². The highest BCUT2D eigenvalue weighted by Gasteiger charge is 2.18. The van der Waals surface area contributed by atoms with Gasteiger partial charge in [0.1, 0.15) is 24.2 Å². The first kappa shape index (κ1) is 22.1. The van der Waals surface area contributed by atoms with E-state index in [4.69, 9.17) is 18.9 Å². The van der Waals surface area contributed by atoms with Crippen LogP contribution < -0.4 is 4.74 Å². The van der Waals surface area contributed by atoms with E-state index in [9.17, 15) is 4.79 Å². The minimum absolute atomic E-state index is 0.0452. The number of carbonyl (C=O) groups is 1. The molecule has 0 aliphatic carbocycles. The second kappa shape index (κ2) is 12.3. The standard InChI is InChI=1S/C23H30O5/c1-18-13-15-27-21(16-18)11-12-22(26-3)23(6-4-5-14-24)28-17-19-7-9-20(25-2)10-8-19/h4,6-14,21-23H,5,15-17H2,1-3H3/t21-,22+,23+/m1/s1. The Bertz CT molecular complexity index is 675. The molecule has 0 unspecified atom stereocenters. The third-order valence-electron chi connectivity index (χ3n) is 4.54. The van der Waals surface area contributed by atoms with Crippen molar-refractivity contribution in [2.24, 2.45) is 0 Å². The second-order valence-corrected chi connectivity index (χ2v) is 6.67. The molecule has 0 bridgehead atoms. The molecular formula is C23H30O5. The van der Waals surface area contributed by atoms with Crippen molar-refractivity contribution in [1.29, 1.82) is 0 Å². The number of hydrogen-bond acceptors (Lipinski definition) is 5. The summed E-state index contributed by atoms with van der Waals surface area (Å²) in [7, 11) is 3.29. The molecule has 0 aromatic heterocycles. The van der Waals surface area contributed by atoms with Gasteiger partial charge in [-0.2, -0.15) is 0 Å². The predicted octanol–water partition coefficient (Wildman–Crippen LogP) is 4.03. The van der Waals surface area contributed by atoms with E-state index in [0.717, 1.165) is 24.0 Å². The topological polar surface area (TPSA) is 54.0 Å². The molecule has 5 nitrogen and oxygen atoms in total. The van der Waals surface area contributed by atoms with Crippen molar-refractivity contribution in [3.63, 3.8) is 0 Å². The molecule has 5 heteroatoms. The Balaban J connectivity index is 2.03. The molecule has 0 radical (unpaired) electrons. The van der Waals surface area contributed by atoms with E-state index in [1.165, 1.54) is 5.57 Å². The van der Waals surface area contributed by atoms with E-state index in [2.05, 4.69) is 13.0 Å². The first-order valence-electron chi connectivity index (χ1n) is 9.49. The van der Waals surface area contributed by atoms with Crippen molar-refractivity contribution in [1.82, 2.24) is 0 Å². The summed E-state index contributed by atoms with van der Waals surface area (Å²) in [6, 6.07) is 7.74. The van der Waals surface area contributed by atoms with E-state index in [1.54, 1.807) is 20.3 Å². The highest BCUT2D eigenvalue weighted by molar-refractivity contribution is 5.51. The van der Waals surface area contributed by atoms with Crippen LogP contribution in [0.2, 0.25) is 0 Å². The molecule has 0 fully saturated rings. The molecule has 0 spiro atoms. The van der Waals surface area contributed by atoms with Crippen LogP contribution in [0, 0.1) is 0 Å². The highest BCUT2D eigenvalue weighted by Crippen LogP contribution is 2.18. The average Bonchev–Trinajstić information content (AvgIpc) is 2.72. The number of ether oxygens (including phenoxy) is 4. The molecule has 0 N–H and O–H groups in total. The zero-order chi connectivity index (χ0) is 20.2. The summed E-state index contributed by atoms with van der Waals surface area (Å²) >= 11 is 0. The lowest BCUT2D eigenvalue weighted by atomic mass is 10.1. The molecule has 1 aliphatic heterocycles. The summed E-state index contributed by atoms with van der Waals surface area (Å²) in [5, 5.41) is 0. The Labute approximate surface area is 167 Å². The Morgan fingerprint density at radius 3 is 2.61 bits per heavy atom. The zero-order valence-electron chi connectivity index (χ0n) is 16.9. The van der Waals surface area contributed by atoms with Gasteiger partial charge in [-0.05, 0) is 31.0 Å². The van der Waals surface area contributed by atoms with Gasteiger partial charge in [-0.25, -0.2) is 0 Å². The zero-order valence-corrected chi connectivity index (χ0v) is 16.9. The molecule has 152 valence electrons. The Kier molecular flexibility index (Phi) is 9.69. The van der Waals surface area contributed by atoms with E-state index >= 15 is 0 Å². The maximum atomic E-state index is 10.7. The first-order valence-corrected chi connectivity index (χ1v) is 9.49. The lowest BCUT2D eigenvalue weighted by molar-refractivity contribution is -0.107. The van der Waals surface area contributed by atoms with Gasteiger partial charge in [-0.15, -0.1) is 0 Å². The van der Waals surface area contributed by atoms with Crippen LogP contribution in [-0.4, -0.2) is 45.4 Å². The van der Waals surface area contributed by atoms with Gasteiger partial charge < -0.3 is 23.7 Å². The van der Waals surface area contributed by atoms with Gasteiger partial charge in [0, 0.05) is 13.5 Å². The molecule has 28 heavy (non-hydrogen) atoms. The van der Waals surface area contributed by atoms with Crippen LogP contribution in [0.3, 0.4) is 0 Å². The van der Waals surface area contributed by atoms with Crippen molar-refractivity contribution < 1.29 is 23.7 Å². The molecule has 1 aromatic rings. The van der Waals surface area contributed by atoms with Crippen LogP contribution in [0.5, 0.6) is 5.75 Å². The quantitative estimate of drug-likeness (QED) is 0.424. The summed E-state index contributed by atoms with van der Waals surface area (Å²) in [5.74, 6) is 0.806. The summed E-state index contributed by atoms with van der Waals surface area (Å²) in [6.45, 7) is 3.17. The second-order valence-electron chi connectivity index (χ2n) is 6.67. The number of hydrogen-bond donors (Lipinski definition) is 0. The van der Waals surface area contributed by atoms with Crippen molar-refractivity contribution in [2.45, 2.75) is 44.7 Å². The number of aldehydes is 1. The highest BCUT2D eigenvalue weighted by atomic mass is 16.5. The Morgan fingerprint density at radius 2 is 1.96 bits per heavy atom. The third-order valence-corrected chi connectivity index (χ3v) is 4.54. The fourth-order valence-electron chi connectivity index (χ4n) is 2.90. The van der Waals surface area contributed by atoms with Crippen LogP contribution in [0.15, 0.2) is 60.2 Å². The molecule has 0 saturated carbocycles. The molecule has 0 saturated heterocycles. The molecule has 1 aromatic carbocycles. The van der Waals surface area contributed by atoms with Crippen molar-refractivity contribution >= 4 is 6.29 Å². The number of benzene rings is 1. The maximum absolute atomic E-state index is 10.7. The maximum Gasteiger partial charge on any atom is 0.123 e. The minimum atomic E-state index is -0.316. The van der Waals surface area contributed by atoms with E-state index in [0.29, 0.717) is 19.6 Å². The van der Waals surface area contributed by atoms with Crippen LogP contribution in [-0.2, 0) is 25.6 Å². The van der Waals surface area contributed by atoms with Gasteiger partial charge in [0.25, 0.3) is 0 Å². The summed E-state index contributed by atoms with van der Waals surface area (Å²) < 4.78 is 22.7. The smallest absolute Gasteiger partial charge is 0.123 e. The number of methoxy groups -OCH3 is 2. The van der Waals surface area contributed by atoms with E-state index in [-0.39, 0.29) is 18.3 Å². The number of rotatable bonds is 11. The van der Waals surface area contributed by atoms with Crippen LogP contribution in [0.25, 0.3) is 0 Å². The summed E-state index contributed by atoms with van der Waals surface area (Å²) in [6.07, 6.45) is 11.3. The predicted molar refractivity (Wildman–Crippen MR) is 109 cm³/mol. The number of allylic oxidation sites excluding steroid dienone is 1. The van der Waals surface area contributed by atoms with E-state index in [1.807, 2.05) is 42.5 Å². The van der Waals surface area contributed by atoms with Crippen LogP contribution in [0.4, 0.5) is 0 Å². The normalized spacial score (nSPS) is 19.5. The van der Waals surface area contributed by atoms with Crippen LogP contribution in [0.1, 0.15) is 25.3 Å². The molecule has 1 heterocycles. The molecule has 2 rings (SSSR count). The average molecular weight is 386 g/mol. The van der Waals surface area contributed by atoms with Gasteiger partial charge in [-0.1, -0.05) is 48.1 Å².